The maximum absolute atomic E-state index is 13.1. The lowest BCUT2D eigenvalue weighted by Gasteiger charge is -2.23. The molecular formula is C20H20ClNO4S. The second kappa shape index (κ2) is 7.74. The number of carbonyl (C=O) groups is 1. The molecule has 1 atom stereocenters. The first-order valence-corrected chi connectivity index (χ1v) is 10.4. The minimum Gasteiger partial charge on any atom is -0.464 e. The first-order chi connectivity index (χ1) is 12.8. The summed E-state index contributed by atoms with van der Waals surface area (Å²) in [6, 6.07) is 12.7. The number of esters is 1. The van der Waals surface area contributed by atoms with E-state index < -0.39 is 22.0 Å². The second-order valence-corrected chi connectivity index (χ2v) is 8.56. The third-order valence-corrected chi connectivity index (χ3v) is 6.41. The molecule has 0 aromatic heterocycles. The molecule has 1 heterocycles. The molecule has 0 unspecified atom stereocenters. The van der Waals surface area contributed by atoms with Crippen LogP contribution < -0.4 is 0 Å². The average Bonchev–Trinajstić information content (AvgIpc) is 3.09. The van der Waals surface area contributed by atoms with Gasteiger partial charge in [0.25, 0.3) is 10.0 Å². The normalized spacial score (nSPS) is 16.9. The van der Waals surface area contributed by atoms with Crippen molar-refractivity contribution < 1.29 is 17.9 Å². The van der Waals surface area contributed by atoms with Gasteiger partial charge in [0.2, 0.25) is 0 Å². The Morgan fingerprint density at radius 1 is 1.15 bits per heavy atom. The van der Waals surface area contributed by atoms with Crippen LogP contribution in [-0.4, -0.2) is 31.3 Å². The second-order valence-electron chi connectivity index (χ2n) is 6.28. The van der Waals surface area contributed by atoms with E-state index in [2.05, 4.69) is 0 Å². The summed E-state index contributed by atoms with van der Waals surface area (Å²) in [6.07, 6.45) is 1.76. The lowest BCUT2D eigenvalue weighted by molar-refractivity contribution is -0.146. The van der Waals surface area contributed by atoms with E-state index in [1.165, 1.54) is 6.20 Å². The van der Waals surface area contributed by atoms with E-state index in [0.29, 0.717) is 5.02 Å². The van der Waals surface area contributed by atoms with Crippen molar-refractivity contribution in [1.82, 2.24) is 4.31 Å². The lowest BCUT2D eigenvalue weighted by Crippen LogP contribution is -2.39. The molecule has 0 N–H and O–H groups in total. The van der Waals surface area contributed by atoms with Crippen molar-refractivity contribution in [3.8, 4) is 0 Å². The van der Waals surface area contributed by atoms with Crippen LogP contribution in [0, 0.1) is 6.92 Å². The maximum Gasteiger partial charge on any atom is 0.330 e. The number of hydrogen-bond acceptors (Lipinski definition) is 4. The van der Waals surface area contributed by atoms with Gasteiger partial charge in [0.15, 0.2) is 0 Å². The molecule has 2 aromatic rings. The molecule has 0 amide bonds. The Balaban J connectivity index is 2.02. The molecule has 0 bridgehead atoms. The highest BCUT2D eigenvalue weighted by Crippen LogP contribution is 2.35. The van der Waals surface area contributed by atoms with Gasteiger partial charge in [-0.05, 0) is 49.2 Å². The van der Waals surface area contributed by atoms with Gasteiger partial charge in [-0.15, -0.1) is 0 Å². The predicted molar refractivity (Wildman–Crippen MR) is 105 cm³/mol. The zero-order valence-corrected chi connectivity index (χ0v) is 16.6. The Hall–Kier alpha value is -2.31. The van der Waals surface area contributed by atoms with Crippen molar-refractivity contribution >= 4 is 33.2 Å². The van der Waals surface area contributed by atoms with Gasteiger partial charge in [0, 0.05) is 17.6 Å². The summed E-state index contributed by atoms with van der Waals surface area (Å²) in [6.45, 7) is 3.76. The fourth-order valence-electron chi connectivity index (χ4n) is 2.95. The molecule has 27 heavy (non-hydrogen) atoms. The molecule has 2 aromatic carbocycles. The van der Waals surface area contributed by atoms with Crippen molar-refractivity contribution in [2.45, 2.75) is 31.2 Å². The molecule has 0 fully saturated rings. The Morgan fingerprint density at radius 3 is 2.37 bits per heavy atom. The van der Waals surface area contributed by atoms with Gasteiger partial charge >= 0.3 is 5.97 Å². The van der Waals surface area contributed by atoms with Gasteiger partial charge in [-0.2, -0.15) is 0 Å². The van der Waals surface area contributed by atoms with E-state index in [1.807, 2.05) is 6.92 Å². The van der Waals surface area contributed by atoms with E-state index in [4.69, 9.17) is 16.3 Å². The van der Waals surface area contributed by atoms with Gasteiger partial charge in [-0.1, -0.05) is 41.4 Å². The minimum absolute atomic E-state index is 0.135. The molecule has 5 nitrogen and oxygen atoms in total. The third-order valence-electron chi connectivity index (χ3n) is 4.37. The predicted octanol–water partition coefficient (Wildman–Crippen LogP) is 4.02. The van der Waals surface area contributed by atoms with Crippen molar-refractivity contribution in [1.29, 1.82) is 0 Å². The number of hydrogen-bond donors (Lipinski definition) is 0. The maximum atomic E-state index is 13.1. The number of rotatable bonds is 5. The molecular weight excluding hydrogens is 386 g/mol. The number of aryl methyl sites for hydroxylation is 1. The first-order valence-electron chi connectivity index (χ1n) is 8.56. The summed E-state index contributed by atoms with van der Waals surface area (Å²) >= 11 is 5.93. The number of ether oxygens (including phenoxy) is 1. The van der Waals surface area contributed by atoms with Gasteiger partial charge in [-0.3, -0.25) is 4.31 Å². The van der Waals surface area contributed by atoms with Crippen molar-refractivity contribution in [2.24, 2.45) is 0 Å². The number of carbonyl (C=O) groups excluding carboxylic acids is 1. The molecule has 0 spiro atoms. The third kappa shape index (κ3) is 4.01. The van der Waals surface area contributed by atoms with Gasteiger partial charge in [0.05, 0.1) is 11.5 Å². The Labute approximate surface area is 164 Å². The SMILES string of the molecule is CCOC(=O)[C@@H]1CC(c2ccc(Cl)cc2)=CN1S(=O)(=O)c1ccc(C)cc1. The monoisotopic (exact) mass is 405 g/mol. The first kappa shape index (κ1) is 19.5. The van der Waals surface area contributed by atoms with Gasteiger partial charge in [0.1, 0.15) is 6.04 Å². The average molecular weight is 406 g/mol. The fraction of sp³-hybridized carbons (Fsp3) is 0.250. The van der Waals surface area contributed by atoms with Gasteiger partial charge in [-0.25, -0.2) is 13.2 Å². The van der Waals surface area contributed by atoms with Crippen LogP contribution in [-0.2, 0) is 19.6 Å². The van der Waals surface area contributed by atoms with Crippen LogP contribution in [0.5, 0.6) is 0 Å². The van der Waals surface area contributed by atoms with Crippen LogP contribution in [0.15, 0.2) is 59.6 Å². The smallest absolute Gasteiger partial charge is 0.330 e. The van der Waals surface area contributed by atoms with E-state index >= 15 is 0 Å². The van der Waals surface area contributed by atoms with Crippen LogP contribution in [0.25, 0.3) is 5.57 Å². The highest BCUT2D eigenvalue weighted by Gasteiger charge is 2.39. The summed E-state index contributed by atoms with van der Waals surface area (Å²) in [5, 5.41) is 0.587. The summed E-state index contributed by atoms with van der Waals surface area (Å²) in [7, 11) is -3.89. The molecule has 0 aliphatic carbocycles. The van der Waals surface area contributed by atoms with Crippen molar-refractivity contribution in [2.75, 3.05) is 6.61 Å². The fourth-order valence-corrected chi connectivity index (χ4v) is 4.56. The minimum atomic E-state index is -3.89. The summed E-state index contributed by atoms with van der Waals surface area (Å²) in [4.78, 5) is 12.6. The molecule has 0 radical (unpaired) electrons. The highest BCUT2D eigenvalue weighted by molar-refractivity contribution is 7.89. The van der Waals surface area contributed by atoms with E-state index in [0.717, 1.165) is 21.0 Å². The van der Waals surface area contributed by atoms with Gasteiger partial charge < -0.3 is 4.74 Å². The summed E-state index contributed by atoms with van der Waals surface area (Å²) < 4.78 is 32.5. The summed E-state index contributed by atoms with van der Waals surface area (Å²) in [5.74, 6) is -0.562. The standard InChI is InChI=1S/C20H20ClNO4S/c1-3-26-20(23)19-12-16(15-6-8-17(21)9-7-15)13-22(19)27(24,25)18-10-4-14(2)5-11-18/h4-11,13,19H,3,12H2,1-2H3/t19-/m0/s1. The zero-order valence-electron chi connectivity index (χ0n) is 15.1. The van der Waals surface area contributed by atoms with Crippen LogP contribution in [0.2, 0.25) is 5.02 Å². The molecule has 7 heteroatoms. The van der Waals surface area contributed by atoms with Crippen LogP contribution in [0.1, 0.15) is 24.5 Å². The van der Waals surface area contributed by atoms with E-state index in [-0.39, 0.29) is 17.9 Å². The molecule has 1 aliphatic heterocycles. The number of benzene rings is 2. The Bertz CT molecular complexity index is 966. The highest BCUT2D eigenvalue weighted by atomic mass is 35.5. The Morgan fingerprint density at radius 2 is 1.78 bits per heavy atom. The number of sulfonamides is 1. The van der Waals surface area contributed by atoms with Crippen LogP contribution in [0.3, 0.4) is 0 Å². The largest absolute Gasteiger partial charge is 0.464 e. The van der Waals surface area contributed by atoms with Crippen molar-refractivity contribution in [3.63, 3.8) is 0 Å². The Kier molecular flexibility index (Phi) is 5.58. The molecule has 3 rings (SSSR count). The number of nitrogens with zero attached hydrogens (tertiary/aromatic N) is 1. The van der Waals surface area contributed by atoms with Crippen molar-refractivity contribution in [3.05, 3.63) is 70.9 Å². The lowest BCUT2D eigenvalue weighted by atomic mass is 10.0. The quantitative estimate of drug-likeness (QED) is 0.705. The van der Waals surface area contributed by atoms with E-state index in [1.54, 1.807) is 55.5 Å². The van der Waals surface area contributed by atoms with Crippen LogP contribution >= 0.6 is 11.6 Å². The molecule has 1 aliphatic rings. The number of halogens is 1. The zero-order chi connectivity index (χ0) is 19.6. The molecule has 142 valence electrons. The summed E-state index contributed by atoms with van der Waals surface area (Å²) in [5.41, 5.74) is 2.51. The topological polar surface area (TPSA) is 63.7 Å². The van der Waals surface area contributed by atoms with Crippen LogP contribution in [0.4, 0.5) is 0 Å². The molecule has 0 saturated carbocycles. The van der Waals surface area contributed by atoms with E-state index in [9.17, 15) is 13.2 Å². The molecule has 0 saturated heterocycles.